The van der Waals surface area contributed by atoms with E-state index in [0.29, 0.717) is 16.8 Å². The number of hydrogen-bond donors (Lipinski definition) is 1. The van der Waals surface area contributed by atoms with Crippen molar-refractivity contribution >= 4 is 5.69 Å². The summed E-state index contributed by atoms with van der Waals surface area (Å²) in [5.74, 6) is 0. The molecule has 1 atom stereocenters. The van der Waals surface area contributed by atoms with E-state index in [1.807, 2.05) is 18.2 Å². The number of benzene rings is 1. The summed E-state index contributed by atoms with van der Waals surface area (Å²) in [5, 5.41) is 36.1. The first-order valence-electron chi connectivity index (χ1n) is 5.35. The van der Waals surface area contributed by atoms with Crippen molar-refractivity contribution in [3.05, 3.63) is 29.3 Å². The highest BCUT2D eigenvalue weighted by Crippen LogP contribution is 2.27. The van der Waals surface area contributed by atoms with Crippen LogP contribution in [0.5, 0.6) is 0 Å². The van der Waals surface area contributed by atoms with Crippen LogP contribution in [0.4, 0.5) is 5.69 Å². The third-order valence-corrected chi connectivity index (χ3v) is 2.47. The van der Waals surface area contributed by atoms with Crippen molar-refractivity contribution in [1.29, 1.82) is 15.8 Å². The predicted octanol–water partition coefficient (Wildman–Crippen LogP) is 1.47. The number of aliphatic hydroxyl groups excluding tert-OH is 1. The standard InChI is InChI=1S/C13H12N4O/c1-10(18)12-3-2-11(9-16)8-13(12)17(6-4-14)7-5-15/h2-3,8,10,18H,6-7H2,1H3/t10-/m1/s1. The van der Waals surface area contributed by atoms with Gasteiger partial charge in [-0.15, -0.1) is 0 Å². The minimum atomic E-state index is -0.729. The van der Waals surface area contributed by atoms with E-state index in [1.54, 1.807) is 25.1 Å². The van der Waals surface area contributed by atoms with Gasteiger partial charge in [0.25, 0.3) is 0 Å². The maximum Gasteiger partial charge on any atom is 0.106 e. The highest BCUT2D eigenvalue weighted by Gasteiger charge is 2.15. The third kappa shape index (κ3) is 2.98. The fraction of sp³-hybridized carbons (Fsp3) is 0.308. The van der Waals surface area contributed by atoms with Crippen LogP contribution in [-0.4, -0.2) is 18.2 Å². The van der Waals surface area contributed by atoms with Crippen LogP contribution < -0.4 is 4.90 Å². The van der Waals surface area contributed by atoms with Gasteiger partial charge in [0.2, 0.25) is 0 Å². The van der Waals surface area contributed by atoms with Gasteiger partial charge in [-0.3, -0.25) is 0 Å². The van der Waals surface area contributed by atoms with Gasteiger partial charge in [-0.05, 0) is 19.1 Å². The molecule has 0 unspecified atom stereocenters. The predicted molar refractivity (Wildman–Crippen MR) is 65.2 cm³/mol. The molecule has 0 fully saturated rings. The SMILES string of the molecule is C[C@@H](O)c1ccc(C#N)cc1N(CC#N)CC#N. The van der Waals surface area contributed by atoms with Crippen LogP contribution >= 0.6 is 0 Å². The Balaban J connectivity index is 3.30. The second kappa shape index (κ2) is 6.25. The highest BCUT2D eigenvalue weighted by atomic mass is 16.3. The summed E-state index contributed by atoms with van der Waals surface area (Å²) in [6, 6.07) is 10.7. The van der Waals surface area contributed by atoms with Gasteiger partial charge < -0.3 is 10.0 Å². The number of aliphatic hydroxyl groups is 1. The van der Waals surface area contributed by atoms with Gasteiger partial charge in [0.15, 0.2) is 0 Å². The first kappa shape index (κ1) is 13.5. The van der Waals surface area contributed by atoms with Crippen LogP contribution in [0, 0.1) is 34.0 Å². The summed E-state index contributed by atoms with van der Waals surface area (Å²) in [7, 11) is 0. The molecule has 1 aromatic rings. The fourth-order valence-electron chi connectivity index (χ4n) is 1.64. The van der Waals surface area contributed by atoms with Crippen molar-refractivity contribution in [3.63, 3.8) is 0 Å². The maximum absolute atomic E-state index is 9.68. The van der Waals surface area contributed by atoms with Crippen LogP contribution in [0.15, 0.2) is 18.2 Å². The van der Waals surface area contributed by atoms with E-state index in [0.717, 1.165) is 0 Å². The average molecular weight is 240 g/mol. The van der Waals surface area contributed by atoms with Crippen molar-refractivity contribution in [3.8, 4) is 18.2 Å². The second-order valence-corrected chi connectivity index (χ2v) is 3.73. The van der Waals surface area contributed by atoms with Gasteiger partial charge in [-0.2, -0.15) is 15.8 Å². The molecule has 1 aromatic carbocycles. The summed E-state index contributed by atoms with van der Waals surface area (Å²) in [6.07, 6.45) is -0.729. The summed E-state index contributed by atoms with van der Waals surface area (Å²) in [5.41, 5.74) is 1.57. The Bertz CT molecular complexity index is 530. The molecule has 18 heavy (non-hydrogen) atoms. The topological polar surface area (TPSA) is 94.8 Å². The zero-order valence-corrected chi connectivity index (χ0v) is 9.96. The molecular formula is C13H12N4O. The molecule has 0 aromatic heterocycles. The molecule has 0 saturated heterocycles. The summed E-state index contributed by atoms with van der Waals surface area (Å²) >= 11 is 0. The molecule has 0 amide bonds. The zero-order chi connectivity index (χ0) is 13.5. The van der Waals surface area contributed by atoms with Gasteiger partial charge >= 0.3 is 0 Å². The van der Waals surface area contributed by atoms with E-state index in [-0.39, 0.29) is 13.1 Å². The molecular weight excluding hydrogens is 228 g/mol. The minimum absolute atomic E-state index is 0.0299. The molecule has 0 spiro atoms. The minimum Gasteiger partial charge on any atom is -0.389 e. The molecule has 0 radical (unpaired) electrons. The number of nitrogens with zero attached hydrogens (tertiary/aromatic N) is 4. The van der Waals surface area contributed by atoms with E-state index >= 15 is 0 Å². The average Bonchev–Trinajstić information content (AvgIpc) is 2.37. The molecule has 0 aliphatic rings. The van der Waals surface area contributed by atoms with Gasteiger partial charge in [0.1, 0.15) is 13.1 Å². The second-order valence-electron chi connectivity index (χ2n) is 3.73. The van der Waals surface area contributed by atoms with Crippen molar-refractivity contribution in [1.82, 2.24) is 0 Å². The van der Waals surface area contributed by atoms with Crippen molar-refractivity contribution < 1.29 is 5.11 Å². The van der Waals surface area contributed by atoms with E-state index in [4.69, 9.17) is 15.8 Å². The lowest BCUT2D eigenvalue weighted by Crippen LogP contribution is -2.25. The maximum atomic E-state index is 9.68. The molecule has 0 aliphatic heterocycles. The van der Waals surface area contributed by atoms with Gasteiger partial charge in [0.05, 0.1) is 29.9 Å². The van der Waals surface area contributed by atoms with Crippen LogP contribution in [0.2, 0.25) is 0 Å². The first-order valence-corrected chi connectivity index (χ1v) is 5.35. The molecule has 5 nitrogen and oxygen atoms in total. The quantitative estimate of drug-likeness (QED) is 0.804. The lowest BCUT2D eigenvalue weighted by molar-refractivity contribution is 0.199. The molecule has 0 saturated carbocycles. The molecule has 0 heterocycles. The summed E-state index contributed by atoms with van der Waals surface area (Å²) < 4.78 is 0. The lowest BCUT2D eigenvalue weighted by Gasteiger charge is -2.23. The number of anilines is 1. The number of hydrogen-bond acceptors (Lipinski definition) is 5. The zero-order valence-electron chi connectivity index (χ0n) is 9.96. The Morgan fingerprint density at radius 2 is 1.83 bits per heavy atom. The molecule has 0 bridgehead atoms. The van der Waals surface area contributed by atoms with E-state index in [2.05, 4.69) is 0 Å². The fourth-order valence-corrected chi connectivity index (χ4v) is 1.64. The van der Waals surface area contributed by atoms with Crippen molar-refractivity contribution in [2.24, 2.45) is 0 Å². The van der Waals surface area contributed by atoms with Gasteiger partial charge in [-0.25, -0.2) is 0 Å². The molecule has 5 heteroatoms. The smallest absolute Gasteiger partial charge is 0.106 e. The Morgan fingerprint density at radius 1 is 1.22 bits per heavy atom. The van der Waals surface area contributed by atoms with Gasteiger partial charge in [0, 0.05) is 11.3 Å². The molecule has 0 aliphatic carbocycles. The lowest BCUT2D eigenvalue weighted by atomic mass is 10.0. The van der Waals surface area contributed by atoms with E-state index < -0.39 is 6.10 Å². The van der Waals surface area contributed by atoms with Crippen LogP contribution in [0.1, 0.15) is 24.2 Å². The largest absolute Gasteiger partial charge is 0.389 e. The first-order chi connectivity index (χ1) is 8.63. The number of nitriles is 3. The summed E-state index contributed by atoms with van der Waals surface area (Å²) in [6.45, 7) is 1.66. The van der Waals surface area contributed by atoms with E-state index in [9.17, 15) is 5.11 Å². The Hall–Kier alpha value is -2.55. The van der Waals surface area contributed by atoms with Crippen LogP contribution in [-0.2, 0) is 0 Å². The monoisotopic (exact) mass is 240 g/mol. The Labute approximate surface area is 106 Å². The van der Waals surface area contributed by atoms with Gasteiger partial charge in [-0.1, -0.05) is 6.07 Å². The van der Waals surface area contributed by atoms with E-state index in [1.165, 1.54) is 4.90 Å². The Kier molecular flexibility index (Phi) is 4.69. The molecule has 1 rings (SSSR count). The Morgan fingerprint density at radius 3 is 2.28 bits per heavy atom. The van der Waals surface area contributed by atoms with Crippen LogP contribution in [0.25, 0.3) is 0 Å². The normalized spacial score (nSPS) is 10.8. The summed E-state index contributed by atoms with van der Waals surface area (Å²) in [4.78, 5) is 1.53. The number of rotatable bonds is 4. The van der Waals surface area contributed by atoms with Crippen molar-refractivity contribution in [2.75, 3.05) is 18.0 Å². The molecule has 90 valence electrons. The highest BCUT2D eigenvalue weighted by molar-refractivity contribution is 5.59. The van der Waals surface area contributed by atoms with Crippen molar-refractivity contribution in [2.45, 2.75) is 13.0 Å². The third-order valence-electron chi connectivity index (χ3n) is 2.47. The van der Waals surface area contributed by atoms with Crippen LogP contribution in [0.3, 0.4) is 0 Å². The molecule has 1 N–H and O–H groups in total.